The molecular weight excluding hydrogens is 388 g/mol. The number of hydrogen-bond acceptors (Lipinski definition) is 0. The van der Waals surface area contributed by atoms with E-state index in [2.05, 4.69) is 98.6 Å². The summed E-state index contributed by atoms with van der Waals surface area (Å²) in [4.78, 5) is 0. The molecule has 0 aliphatic rings. The molecule has 0 fully saturated rings. The number of alkyl halides is 1. The van der Waals surface area contributed by atoms with E-state index in [1.165, 1.54) is 27.8 Å². The average molecular weight is 402 g/mol. The maximum atomic E-state index is 3.58. The summed E-state index contributed by atoms with van der Waals surface area (Å²) in [6.07, 6.45) is 0. The molecule has 0 spiro atoms. The molecule has 3 rings (SSSR count). The van der Waals surface area contributed by atoms with E-state index >= 15 is 0 Å². The van der Waals surface area contributed by atoms with Crippen molar-refractivity contribution >= 4 is 31.9 Å². The molecular formula is C19H14Br2. The zero-order valence-electron chi connectivity index (χ0n) is 11.4. The zero-order chi connectivity index (χ0) is 14.7. The highest BCUT2D eigenvalue weighted by molar-refractivity contribution is 9.10. The minimum atomic E-state index is 0.851. The molecule has 0 unspecified atom stereocenters. The molecule has 0 nitrogen and oxygen atoms in total. The van der Waals surface area contributed by atoms with Gasteiger partial charge in [0.25, 0.3) is 0 Å². The Morgan fingerprint density at radius 1 is 0.619 bits per heavy atom. The van der Waals surface area contributed by atoms with Gasteiger partial charge < -0.3 is 0 Å². The van der Waals surface area contributed by atoms with Crippen LogP contribution in [-0.2, 0) is 5.33 Å². The van der Waals surface area contributed by atoms with E-state index in [-0.39, 0.29) is 0 Å². The van der Waals surface area contributed by atoms with Crippen LogP contribution in [-0.4, -0.2) is 0 Å². The molecule has 21 heavy (non-hydrogen) atoms. The smallest absolute Gasteiger partial charge is 0.0294 e. The summed E-state index contributed by atoms with van der Waals surface area (Å²) in [5.74, 6) is 0. The second-order valence-corrected chi connectivity index (χ2v) is 6.30. The number of benzene rings is 3. The van der Waals surface area contributed by atoms with Gasteiger partial charge in [-0.3, -0.25) is 0 Å². The van der Waals surface area contributed by atoms with E-state index in [9.17, 15) is 0 Å². The average Bonchev–Trinajstić information content (AvgIpc) is 2.56. The fraction of sp³-hybridized carbons (Fsp3) is 0.0526. The molecule has 0 radical (unpaired) electrons. The van der Waals surface area contributed by atoms with Crippen LogP contribution in [0.15, 0.2) is 77.3 Å². The number of rotatable bonds is 3. The number of hydrogen-bond donors (Lipinski definition) is 0. The van der Waals surface area contributed by atoms with E-state index in [0.29, 0.717) is 0 Å². The lowest BCUT2D eigenvalue weighted by molar-refractivity contribution is 1.40. The van der Waals surface area contributed by atoms with Gasteiger partial charge in [0.1, 0.15) is 0 Å². The molecule has 3 aromatic rings. The molecule has 0 aliphatic heterocycles. The highest BCUT2D eigenvalue weighted by Gasteiger charge is 2.03. The monoisotopic (exact) mass is 400 g/mol. The van der Waals surface area contributed by atoms with Crippen molar-refractivity contribution in [2.75, 3.05) is 0 Å². The van der Waals surface area contributed by atoms with Gasteiger partial charge in [0.2, 0.25) is 0 Å². The van der Waals surface area contributed by atoms with Crippen LogP contribution in [0.1, 0.15) is 5.56 Å². The fourth-order valence-electron chi connectivity index (χ4n) is 2.34. The van der Waals surface area contributed by atoms with Gasteiger partial charge in [-0.05, 0) is 39.9 Å². The minimum absolute atomic E-state index is 0.851. The van der Waals surface area contributed by atoms with Crippen LogP contribution in [0.25, 0.3) is 22.3 Å². The van der Waals surface area contributed by atoms with Crippen LogP contribution in [0.3, 0.4) is 0 Å². The zero-order valence-corrected chi connectivity index (χ0v) is 14.6. The van der Waals surface area contributed by atoms with Gasteiger partial charge >= 0.3 is 0 Å². The Morgan fingerprint density at radius 2 is 1.14 bits per heavy atom. The third-order valence-electron chi connectivity index (χ3n) is 3.52. The fourth-order valence-corrected chi connectivity index (χ4v) is 3.57. The van der Waals surface area contributed by atoms with Crippen LogP contribution in [0.5, 0.6) is 0 Å². The van der Waals surface area contributed by atoms with Gasteiger partial charge in [-0.1, -0.05) is 92.5 Å². The lowest BCUT2D eigenvalue weighted by atomic mass is 9.99. The van der Waals surface area contributed by atoms with E-state index in [0.717, 1.165) is 9.80 Å². The van der Waals surface area contributed by atoms with Crippen molar-refractivity contribution in [3.63, 3.8) is 0 Å². The van der Waals surface area contributed by atoms with Crippen molar-refractivity contribution < 1.29 is 0 Å². The van der Waals surface area contributed by atoms with Gasteiger partial charge in [0, 0.05) is 9.80 Å². The SMILES string of the molecule is BrCc1cc(-c2ccc(-c3ccccc3)cc2)ccc1Br. The Kier molecular flexibility index (Phi) is 4.57. The summed E-state index contributed by atoms with van der Waals surface area (Å²) in [5.41, 5.74) is 6.24. The Bertz CT molecular complexity index is 731. The Balaban J connectivity index is 1.94. The van der Waals surface area contributed by atoms with Crippen molar-refractivity contribution in [3.8, 4) is 22.3 Å². The molecule has 2 heteroatoms. The van der Waals surface area contributed by atoms with E-state index in [1.54, 1.807) is 0 Å². The summed E-state index contributed by atoms with van der Waals surface area (Å²) < 4.78 is 1.14. The molecule has 3 aromatic carbocycles. The van der Waals surface area contributed by atoms with Crippen LogP contribution in [0, 0.1) is 0 Å². The van der Waals surface area contributed by atoms with Crippen molar-refractivity contribution in [1.82, 2.24) is 0 Å². The molecule has 0 saturated heterocycles. The van der Waals surface area contributed by atoms with E-state index in [4.69, 9.17) is 0 Å². The maximum Gasteiger partial charge on any atom is 0.0294 e. The first-order valence-corrected chi connectivity index (χ1v) is 8.69. The minimum Gasteiger partial charge on any atom is -0.0876 e. The van der Waals surface area contributed by atoms with Gasteiger partial charge in [-0.2, -0.15) is 0 Å². The van der Waals surface area contributed by atoms with Gasteiger partial charge in [-0.15, -0.1) is 0 Å². The lowest BCUT2D eigenvalue weighted by Gasteiger charge is -2.07. The van der Waals surface area contributed by atoms with Gasteiger partial charge in [0.05, 0.1) is 0 Å². The molecule has 0 amide bonds. The molecule has 0 aliphatic carbocycles. The topological polar surface area (TPSA) is 0 Å². The first-order valence-electron chi connectivity index (χ1n) is 6.78. The van der Waals surface area contributed by atoms with Crippen molar-refractivity contribution in [2.24, 2.45) is 0 Å². The van der Waals surface area contributed by atoms with Crippen LogP contribution < -0.4 is 0 Å². The molecule has 0 aromatic heterocycles. The number of halogens is 2. The summed E-state index contributed by atoms with van der Waals surface area (Å²) in [5, 5.41) is 0.851. The predicted molar refractivity (Wildman–Crippen MR) is 97.6 cm³/mol. The standard InChI is InChI=1S/C19H14Br2/c20-13-18-12-17(10-11-19(18)21)16-8-6-15(7-9-16)14-4-2-1-3-5-14/h1-12H,13H2. The first-order chi connectivity index (χ1) is 10.3. The maximum absolute atomic E-state index is 3.58. The Morgan fingerprint density at radius 3 is 1.76 bits per heavy atom. The largest absolute Gasteiger partial charge is 0.0876 e. The van der Waals surface area contributed by atoms with Crippen molar-refractivity contribution in [1.29, 1.82) is 0 Å². The van der Waals surface area contributed by atoms with Crippen molar-refractivity contribution in [3.05, 3.63) is 82.8 Å². The first kappa shape index (κ1) is 14.6. The molecule has 0 atom stereocenters. The quantitative estimate of drug-likeness (QED) is 0.429. The second-order valence-electron chi connectivity index (χ2n) is 4.88. The highest BCUT2D eigenvalue weighted by atomic mass is 79.9. The lowest BCUT2D eigenvalue weighted by Crippen LogP contribution is -1.84. The Labute approximate surface area is 142 Å². The molecule has 0 bridgehead atoms. The van der Waals surface area contributed by atoms with Crippen LogP contribution >= 0.6 is 31.9 Å². The third-order valence-corrected chi connectivity index (χ3v) is 4.89. The highest BCUT2D eigenvalue weighted by Crippen LogP contribution is 2.28. The third kappa shape index (κ3) is 3.28. The second kappa shape index (κ2) is 6.59. The van der Waals surface area contributed by atoms with Gasteiger partial charge in [0.15, 0.2) is 0 Å². The van der Waals surface area contributed by atoms with Crippen molar-refractivity contribution in [2.45, 2.75) is 5.33 Å². The molecule has 0 N–H and O–H groups in total. The molecule has 0 heterocycles. The summed E-state index contributed by atoms with van der Waals surface area (Å²) in [6.45, 7) is 0. The van der Waals surface area contributed by atoms with Crippen LogP contribution in [0.4, 0.5) is 0 Å². The van der Waals surface area contributed by atoms with Gasteiger partial charge in [-0.25, -0.2) is 0 Å². The van der Waals surface area contributed by atoms with E-state index in [1.807, 2.05) is 6.07 Å². The summed E-state index contributed by atoms with van der Waals surface area (Å²) in [6, 6.07) is 25.7. The normalized spacial score (nSPS) is 10.6. The summed E-state index contributed by atoms with van der Waals surface area (Å²) in [7, 11) is 0. The van der Waals surface area contributed by atoms with Crippen LogP contribution in [0.2, 0.25) is 0 Å². The summed E-state index contributed by atoms with van der Waals surface area (Å²) >= 11 is 7.10. The Hall–Kier alpha value is -1.38. The molecule has 0 saturated carbocycles. The van der Waals surface area contributed by atoms with E-state index < -0.39 is 0 Å². The predicted octanol–water partition coefficient (Wildman–Crippen LogP) is 6.68. The molecule has 104 valence electrons.